The molecular formula is C8H14O8. The molecule has 2 bridgehead atoms. The zero-order valence-corrected chi connectivity index (χ0v) is 8.20. The monoisotopic (exact) mass is 238 g/mol. The average Bonchev–Trinajstić information content (AvgIpc) is 2.08. The first-order valence-electron chi connectivity index (χ1n) is 4.70. The minimum atomic E-state index is -3.66. The molecule has 8 heteroatoms. The van der Waals surface area contributed by atoms with Crippen LogP contribution in [0.1, 0.15) is 19.3 Å². The average molecular weight is 238 g/mol. The van der Waals surface area contributed by atoms with E-state index in [1.807, 2.05) is 0 Å². The van der Waals surface area contributed by atoms with Gasteiger partial charge in [-0.25, -0.2) is 0 Å². The third-order valence-electron chi connectivity index (χ3n) is 3.81. The Morgan fingerprint density at radius 3 is 1.56 bits per heavy atom. The number of hydrogen-bond donors (Lipinski definition) is 8. The van der Waals surface area contributed by atoms with E-state index in [9.17, 15) is 40.9 Å². The molecule has 94 valence electrons. The van der Waals surface area contributed by atoms with Crippen molar-refractivity contribution in [2.24, 2.45) is 0 Å². The minimum absolute atomic E-state index is 0.414. The minimum Gasteiger partial charge on any atom is -0.384 e. The van der Waals surface area contributed by atoms with Crippen LogP contribution in [0, 0.1) is 0 Å². The summed E-state index contributed by atoms with van der Waals surface area (Å²) in [6.07, 6.45) is -2.03. The molecule has 0 heterocycles. The number of rotatable bonds is 0. The van der Waals surface area contributed by atoms with Crippen LogP contribution in [0.3, 0.4) is 0 Å². The van der Waals surface area contributed by atoms with E-state index in [0.29, 0.717) is 0 Å². The van der Waals surface area contributed by atoms with E-state index in [1.165, 1.54) is 0 Å². The summed E-state index contributed by atoms with van der Waals surface area (Å²) >= 11 is 0. The lowest BCUT2D eigenvalue weighted by Crippen LogP contribution is -2.89. The third kappa shape index (κ3) is 0.928. The Bertz CT molecular complexity index is 337. The van der Waals surface area contributed by atoms with Gasteiger partial charge in [-0.1, -0.05) is 0 Å². The zero-order valence-electron chi connectivity index (χ0n) is 8.20. The smallest absolute Gasteiger partial charge is 0.256 e. The Balaban J connectivity index is 2.64. The van der Waals surface area contributed by atoms with Crippen molar-refractivity contribution < 1.29 is 40.9 Å². The molecule has 3 rings (SSSR count). The van der Waals surface area contributed by atoms with Crippen molar-refractivity contribution in [3.63, 3.8) is 0 Å². The van der Waals surface area contributed by atoms with Crippen molar-refractivity contribution in [2.45, 2.75) is 47.8 Å². The lowest BCUT2D eigenvalue weighted by molar-refractivity contribution is -0.533. The van der Waals surface area contributed by atoms with Crippen molar-refractivity contribution in [1.82, 2.24) is 0 Å². The van der Waals surface area contributed by atoms with Crippen LogP contribution in [0.4, 0.5) is 0 Å². The van der Waals surface area contributed by atoms with E-state index >= 15 is 0 Å². The highest BCUT2D eigenvalue weighted by Gasteiger charge is 2.83. The van der Waals surface area contributed by atoms with Gasteiger partial charge in [0.1, 0.15) is 5.60 Å². The predicted octanol–water partition coefficient (Wildman–Crippen LogP) is -4.31. The van der Waals surface area contributed by atoms with Gasteiger partial charge in [0.25, 0.3) is 11.6 Å². The fourth-order valence-corrected chi connectivity index (χ4v) is 2.59. The molecule has 3 fully saturated rings. The summed E-state index contributed by atoms with van der Waals surface area (Å²) in [6, 6.07) is 0. The molecule has 3 aliphatic carbocycles. The summed E-state index contributed by atoms with van der Waals surface area (Å²) in [5.41, 5.74) is -5.47. The summed E-state index contributed by atoms with van der Waals surface area (Å²) in [5.74, 6) is -10.1. The van der Waals surface area contributed by atoms with Gasteiger partial charge in [-0.05, 0) is 12.8 Å². The molecule has 2 atom stereocenters. The number of fused-ring (bicyclic) bond motifs is 3. The third-order valence-corrected chi connectivity index (χ3v) is 3.81. The summed E-state index contributed by atoms with van der Waals surface area (Å²) in [7, 11) is 0. The van der Waals surface area contributed by atoms with Crippen LogP contribution in [0.25, 0.3) is 0 Å². The van der Waals surface area contributed by atoms with Crippen LogP contribution >= 0.6 is 0 Å². The van der Waals surface area contributed by atoms with Crippen LogP contribution in [0.2, 0.25) is 0 Å². The first-order chi connectivity index (χ1) is 6.91. The lowest BCUT2D eigenvalue weighted by atomic mass is 9.55. The fraction of sp³-hybridized carbons (Fsp3) is 1.00. The van der Waals surface area contributed by atoms with Crippen LogP contribution in [-0.2, 0) is 0 Å². The first kappa shape index (κ1) is 12.1. The standard InChI is InChI=1S/C8H14O8/c9-4-1-2-5(10,6(11,12)3-4)8(15,16)7(4,13)14/h9-16H,1-3H2. The normalized spacial score (nSPS) is 48.0. The highest BCUT2D eigenvalue weighted by atomic mass is 16.6. The van der Waals surface area contributed by atoms with Crippen molar-refractivity contribution in [3.8, 4) is 0 Å². The second-order valence-electron chi connectivity index (χ2n) is 4.73. The summed E-state index contributed by atoms with van der Waals surface area (Å²) in [6.45, 7) is 0. The number of hydrogen-bond acceptors (Lipinski definition) is 8. The first-order valence-corrected chi connectivity index (χ1v) is 4.70. The van der Waals surface area contributed by atoms with Gasteiger partial charge >= 0.3 is 0 Å². The Labute approximate surface area is 89.6 Å². The summed E-state index contributed by atoms with van der Waals surface area (Å²) in [5, 5.41) is 76.4. The largest absolute Gasteiger partial charge is 0.384 e. The fourth-order valence-electron chi connectivity index (χ4n) is 2.59. The molecule has 3 aliphatic rings. The maximum Gasteiger partial charge on any atom is 0.256 e. The van der Waals surface area contributed by atoms with Crippen molar-refractivity contribution in [1.29, 1.82) is 0 Å². The van der Waals surface area contributed by atoms with Gasteiger partial charge < -0.3 is 40.9 Å². The van der Waals surface area contributed by atoms with Gasteiger partial charge in [-0.2, -0.15) is 0 Å². The molecule has 0 saturated heterocycles. The Morgan fingerprint density at radius 1 is 0.625 bits per heavy atom. The quantitative estimate of drug-likeness (QED) is 0.196. The molecule has 3 saturated carbocycles. The van der Waals surface area contributed by atoms with Gasteiger partial charge in [0, 0.05) is 6.42 Å². The molecule has 2 unspecified atom stereocenters. The molecular weight excluding hydrogens is 224 g/mol. The molecule has 0 aromatic carbocycles. The van der Waals surface area contributed by atoms with Crippen LogP contribution in [0.15, 0.2) is 0 Å². The predicted molar refractivity (Wildman–Crippen MR) is 45.3 cm³/mol. The molecule has 0 aliphatic heterocycles. The van der Waals surface area contributed by atoms with Crippen molar-refractivity contribution >= 4 is 0 Å². The molecule has 0 aromatic rings. The van der Waals surface area contributed by atoms with Gasteiger partial charge in [-0.15, -0.1) is 0 Å². The van der Waals surface area contributed by atoms with E-state index in [2.05, 4.69) is 0 Å². The van der Waals surface area contributed by atoms with E-state index in [1.54, 1.807) is 0 Å². The molecule has 0 spiro atoms. The summed E-state index contributed by atoms with van der Waals surface area (Å²) < 4.78 is 0. The number of aliphatic hydroxyl groups is 8. The maximum absolute atomic E-state index is 9.79. The Kier molecular flexibility index (Phi) is 1.95. The highest BCUT2D eigenvalue weighted by Crippen LogP contribution is 2.58. The molecule has 8 N–H and O–H groups in total. The van der Waals surface area contributed by atoms with E-state index in [4.69, 9.17) is 0 Å². The van der Waals surface area contributed by atoms with Gasteiger partial charge in [0.05, 0.1) is 0 Å². The molecule has 8 nitrogen and oxygen atoms in total. The van der Waals surface area contributed by atoms with E-state index < -0.39 is 47.8 Å². The maximum atomic E-state index is 9.79. The summed E-state index contributed by atoms with van der Waals surface area (Å²) in [4.78, 5) is 0. The van der Waals surface area contributed by atoms with Gasteiger partial charge in [-0.3, -0.25) is 0 Å². The van der Waals surface area contributed by atoms with Crippen molar-refractivity contribution in [3.05, 3.63) is 0 Å². The van der Waals surface area contributed by atoms with Crippen LogP contribution in [0.5, 0.6) is 0 Å². The molecule has 0 aromatic heterocycles. The van der Waals surface area contributed by atoms with Gasteiger partial charge in [0.2, 0.25) is 5.79 Å². The Morgan fingerprint density at radius 2 is 1.12 bits per heavy atom. The highest BCUT2D eigenvalue weighted by molar-refractivity contribution is 5.24. The van der Waals surface area contributed by atoms with E-state index in [0.717, 1.165) is 0 Å². The second kappa shape index (κ2) is 2.57. The van der Waals surface area contributed by atoms with Crippen LogP contribution < -0.4 is 0 Å². The van der Waals surface area contributed by atoms with Crippen molar-refractivity contribution in [2.75, 3.05) is 0 Å². The zero-order chi connectivity index (χ0) is 12.6. The topological polar surface area (TPSA) is 162 Å². The molecule has 0 amide bonds. The SMILES string of the molecule is OC1(O)CC2(O)CCC1(O)C(O)(O)C2(O)O. The molecule has 16 heavy (non-hydrogen) atoms. The Hall–Kier alpha value is -0.320. The lowest BCUT2D eigenvalue weighted by Gasteiger charge is -2.65. The van der Waals surface area contributed by atoms with Gasteiger partial charge in [0.15, 0.2) is 5.60 Å². The second-order valence-corrected chi connectivity index (χ2v) is 4.73. The van der Waals surface area contributed by atoms with E-state index in [-0.39, 0.29) is 0 Å². The van der Waals surface area contributed by atoms with Crippen LogP contribution in [-0.4, -0.2) is 69.4 Å². The molecule has 0 radical (unpaired) electrons.